The molecule has 1 aromatic carbocycles. The van der Waals surface area contributed by atoms with Crippen LogP contribution in [0.5, 0.6) is 11.5 Å². The van der Waals surface area contributed by atoms with Crippen LogP contribution in [0.25, 0.3) is 0 Å². The number of thiophene rings is 1. The van der Waals surface area contributed by atoms with Crippen LogP contribution in [0.1, 0.15) is 15.2 Å². The van der Waals surface area contributed by atoms with E-state index in [4.69, 9.17) is 14.2 Å². The summed E-state index contributed by atoms with van der Waals surface area (Å²) in [5, 5.41) is 4.18. The van der Waals surface area contributed by atoms with Crippen molar-refractivity contribution in [1.29, 1.82) is 0 Å². The number of hydrogen-bond donors (Lipinski definition) is 1. The highest BCUT2D eigenvalue weighted by Crippen LogP contribution is 2.32. The van der Waals surface area contributed by atoms with Gasteiger partial charge in [0.05, 0.1) is 0 Å². The van der Waals surface area contributed by atoms with Gasteiger partial charge in [-0.05, 0) is 29.1 Å². The number of fused-ring (bicyclic) bond motifs is 1. The van der Waals surface area contributed by atoms with Crippen molar-refractivity contribution < 1.29 is 32.2 Å². The molecule has 9 nitrogen and oxygen atoms in total. The first-order valence-electron chi connectivity index (χ1n) is 9.43. The van der Waals surface area contributed by atoms with Crippen molar-refractivity contribution in [3.63, 3.8) is 0 Å². The Morgan fingerprint density at radius 1 is 1.13 bits per heavy atom. The average Bonchev–Trinajstić information content (AvgIpc) is 3.46. The van der Waals surface area contributed by atoms with Crippen molar-refractivity contribution in [2.45, 2.75) is 11.4 Å². The molecule has 2 aliphatic heterocycles. The number of ether oxygens (including phenoxy) is 3. The number of benzene rings is 1. The molecule has 0 saturated carbocycles. The minimum atomic E-state index is -3.78. The van der Waals surface area contributed by atoms with E-state index in [0.717, 1.165) is 16.9 Å². The molecule has 2 aliphatic rings. The van der Waals surface area contributed by atoms with Crippen LogP contribution in [0.2, 0.25) is 0 Å². The molecule has 1 N–H and O–H groups in total. The van der Waals surface area contributed by atoms with Gasteiger partial charge in [0.15, 0.2) is 18.1 Å². The van der Waals surface area contributed by atoms with E-state index in [1.165, 1.54) is 15.8 Å². The molecule has 2 aromatic rings. The zero-order valence-electron chi connectivity index (χ0n) is 16.4. The second-order valence-electron chi connectivity index (χ2n) is 6.67. The van der Waals surface area contributed by atoms with Crippen LogP contribution in [-0.4, -0.2) is 62.6 Å². The molecular weight excluding hydrogens is 464 g/mol. The zero-order valence-corrected chi connectivity index (χ0v) is 18.8. The third kappa shape index (κ3) is 4.97. The van der Waals surface area contributed by atoms with E-state index in [2.05, 4.69) is 5.32 Å². The fraction of sp³-hybridized carbons (Fsp3) is 0.368. The summed E-state index contributed by atoms with van der Waals surface area (Å²) >= 11 is 2.67. The maximum Gasteiger partial charge on any atom is 0.350 e. The van der Waals surface area contributed by atoms with Crippen molar-refractivity contribution in [3.05, 3.63) is 40.1 Å². The first-order valence-corrected chi connectivity index (χ1v) is 12.9. The van der Waals surface area contributed by atoms with Crippen LogP contribution >= 0.6 is 23.1 Å². The summed E-state index contributed by atoms with van der Waals surface area (Å²) in [7, 11) is -3.78. The van der Waals surface area contributed by atoms with Gasteiger partial charge < -0.3 is 19.5 Å². The number of nitrogens with one attached hydrogen (secondary N) is 1. The van der Waals surface area contributed by atoms with Crippen molar-refractivity contribution in [3.8, 4) is 11.5 Å². The van der Waals surface area contributed by atoms with Crippen LogP contribution in [0.15, 0.2) is 34.5 Å². The van der Waals surface area contributed by atoms with Crippen molar-refractivity contribution in [1.82, 2.24) is 9.62 Å². The summed E-state index contributed by atoms with van der Waals surface area (Å²) in [5.74, 6) is 1.35. The topological polar surface area (TPSA) is 111 Å². The third-order valence-corrected chi connectivity index (χ3v) is 8.57. The summed E-state index contributed by atoms with van der Waals surface area (Å²) in [6, 6.07) is 6.71. The molecule has 0 aliphatic carbocycles. The van der Waals surface area contributed by atoms with E-state index >= 15 is 0 Å². The number of thioether (sulfide) groups is 1. The summed E-state index contributed by atoms with van der Waals surface area (Å²) in [5.41, 5.74) is 0.801. The van der Waals surface area contributed by atoms with Gasteiger partial charge in [-0.3, -0.25) is 4.79 Å². The molecule has 12 heteroatoms. The molecule has 0 atom stereocenters. The van der Waals surface area contributed by atoms with Crippen LogP contribution < -0.4 is 14.8 Å². The lowest BCUT2D eigenvalue weighted by atomic mass is 10.2. The number of carbonyl (C=O) groups excluding carboxylic acids is 2. The number of amides is 1. The normalized spacial score (nSPS) is 16.1. The van der Waals surface area contributed by atoms with E-state index in [1.807, 2.05) is 0 Å². The highest BCUT2D eigenvalue weighted by atomic mass is 32.2. The monoisotopic (exact) mass is 484 g/mol. The number of nitrogens with zero attached hydrogens (tertiary/aromatic N) is 1. The SMILES string of the molecule is O=C(COC(=O)c1sccc1S(=O)(=O)N1CCSCC1)NCc1ccc2c(c1)OCO2. The Morgan fingerprint density at radius 3 is 2.71 bits per heavy atom. The molecule has 3 heterocycles. The fourth-order valence-corrected chi connectivity index (χ4v) is 6.93. The Hall–Kier alpha value is -2.28. The van der Waals surface area contributed by atoms with E-state index in [-0.39, 0.29) is 23.1 Å². The second kappa shape index (κ2) is 9.47. The van der Waals surface area contributed by atoms with Gasteiger partial charge in [-0.1, -0.05) is 6.07 Å². The molecule has 1 saturated heterocycles. The first kappa shape index (κ1) is 21.9. The van der Waals surface area contributed by atoms with Gasteiger partial charge in [-0.2, -0.15) is 16.1 Å². The summed E-state index contributed by atoms with van der Waals surface area (Å²) < 4.78 is 42.7. The fourth-order valence-electron chi connectivity index (χ4n) is 3.07. The van der Waals surface area contributed by atoms with Gasteiger partial charge in [0.1, 0.15) is 9.77 Å². The molecule has 0 unspecified atom stereocenters. The minimum Gasteiger partial charge on any atom is -0.454 e. The molecule has 31 heavy (non-hydrogen) atoms. The van der Waals surface area contributed by atoms with E-state index in [0.29, 0.717) is 36.1 Å². The lowest BCUT2D eigenvalue weighted by Crippen LogP contribution is -2.38. The lowest BCUT2D eigenvalue weighted by molar-refractivity contribution is -0.124. The zero-order chi connectivity index (χ0) is 21.8. The first-order chi connectivity index (χ1) is 14.9. The molecule has 166 valence electrons. The van der Waals surface area contributed by atoms with Gasteiger partial charge >= 0.3 is 5.97 Å². The van der Waals surface area contributed by atoms with E-state index in [1.54, 1.807) is 30.0 Å². The lowest BCUT2D eigenvalue weighted by Gasteiger charge is -2.25. The van der Waals surface area contributed by atoms with Gasteiger partial charge in [-0.25, -0.2) is 13.2 Å². The smallest absolute Gasteiger partial charge is 0.350 e. The minimum absolute atomic E-state index is 0.0261. The van der Waals surface area contributed by atoms with Crippen LogP contribution in [0, 0.1) is 0 Å². The maximum absolute atomic E-state index is 12.9. The number of esters is 1. The van der Waals surface area contributed by atoms with Gasteiger partial charge in [0, 0.05) is 31.1 Å². The molecule has 4 rings (SSSR count). The van der Waals surface area contributed by atoms with Crippen LogP contribution in [0.3, 0.4) is 0 Å². The van der Waals surface area contributed by atoms with Crippen molar-refractivity contribution in [2.75, 3.05) is 38.0 Å². The number of carbonyl (C=O) groups is 2. The van der Waals surface area contributed by atoms with Crippen LogP contribution in [-0.2, 0) is 26.1 Å². The Balaban J connectivity index is 1.32. The average molecular weight is 485 g/mol. The van der Waals surface area contributed by atoms with E-state index < -0.39 is 28.5 Å². The summed E-state index contributed by atoms with van der Waals surface area (Å²) in [4.78, 5) is 24.4. The van der Waals surface area contributed by atoms with Gasteiger partial charge in [0.2, 0.25) is 16.8 Å². The highest BCUT2D eigenvalue weighted by Gasteiger charge is 2.31. The summed E-state index contributed by atoms with van der Waals surface area (Å²) in [6.45, 7) is 0.678. The predicted octanol–water partition coefficient (Wildman–Crippen LogP) is 1.69. The Morgan fingerprint density at radius 2 is 1.90 bits per heavy atom. The molecule has 0 bridgehead atoms. The summed E-state index contributed by atoms with van der Waals surface area (Å²) in [6.07, 6.45) is 0. The Bertz CT molecular complexity index is 1080. The Kier molecular flexibility index (Phi) is 6.70. The van der Waals surface area contributed by atoms with Crippen molar-refractivity contribution >= 4 is 45.0 Å². The van der Waals surface area contributed by atoms with Gasteiger partial charge in [-0.15, -0.1) is 11.3 Å². The third-order valence-electron chi connectivity index (χ3n) is 4.66. The van der Waals surface area contributed by atoms with Crippen LogP contribution in [0.4, 0.5) is 0 Å². The maximum atomic E-state index is 12.9. The number of hydrogen-bond acceptors (Lipinski definition) is 9. The van der Waals surface area contributed by atoms with Crippen molar-refractivity contribution in [2.24, 2.45) is 0 Å². The standard InChI is InChI=1S/C19H20N2O7S3/c22-17(20-10-13-1-2-14-15(9-13)28-12-27-14)11-26-19(23)18-16(3-6-30-18)31(24,25)21-4-7-29-8-5-21/h1-3,6,9H,4-5,7-8,10-12H2,(H,20,22). The predicted molar refractivity (Wildman–Crippen MR) is 115 cm³/mol. The molecule has 0 radical (unpaired) electrons. The molecule has 1 amide bonds. The molecule has 1 aromatic heterocycles. The quantitative estimate of drug-likeness (QED) is 0.591. The van der Waals surface area contributed by atoms with E-state index in [9.17, 15) is 18.0 Å². The highest BCUT2D eigenvalue weighted by molar-refractivity contribution is 7.99. The number of rotatable bonds is 7. The molecule has 0 spiro atoms. The molecular formula is C19H20N2O7S3. The second-order valence-corrected chi connectivity index (χ2v) is 10.7. The number of sulfonamides is 1. The largest absolute Gasteiger partial charge is 0.454 e. The Labute approximate surface area is 187 Å². The van der Waals surface area contributed by atoms with Gasteiger partial charge in [0.25, 0.3) is 5.91 Å². The molecule has 1 fully saturated rings.